The van der Waals surface area contributed by atoms with Crippen LogP contribution < -0.4 is 0 Å². The van der Waals surface area contributed by atoms with Crippen LogP contribution in [0.25, 0.3) is 5.57 Å². The summed E-state index contributed by atoms with van der Waals surface area (Å²) >= 11 is 0. The molecule has 2 fully saturated rings. The maximum Gasteiger partial charge on any atom is 0.525 e. The fourth-order valence-electron chi connectivity index (χ4n) is 4.20. The summed E-state index contributed by atoms with van der Waals surface area (Å²) in [5.41, 5.74) is -4.47. The third-order valence-electron chi connectivity index (χ3n) is 6.84. The molecule has 0 radical (unpaired) electrons. The average Bonchev–Trinajstić information content (AvgIpc) is 3.00. The van der Waals surface area contributed by atoms with E-state index in [1.54, 1.807) is 27.7 Å². The second-order valence-electron chi connectivity index (χ2n) is 9.31. The van der Waals surface area contributed by atoms with Crippen LogP contribution in [0.4, 0.5) is 17.6 Å². The van der Waals surface area contributed by atoms with Gasteiger partial charge in [0.15, 0.2) is 0 Å². The fourth-order valence-corrected chi connectivity index (χ4v) is 4.20. The maximum absolute atomic E-state index is 15.4. The number of fused-ring (bicyclic) bond motifs is 1. The highest BCUT2D eigenvalue weighted by Crippen LogP contribution is 2.46. The van der Waals surface area contributed by atoms with E-state index in [1.165, 1.54) is 0 Å². The first-order valence-electron chi connectivity index (χ1n) is 10.3. The summed E-state index contributed by atoms with van der Waals surface area (Å²) < 4.78 is 70.7. The monoisotopic (exact) mass is 414 g/mol. The van der Waals surface area contributed by atoms with Crippen LogP contribution in [0.2, 0.25) is 0 Å². The molecule has 0 unspecified atom stereocenters. The van der Waals surface area contributed by atoms with Crippen molar-refractivity contribution < 1.29 is 26.9 Å². The van der Waals surface area contributed by atoms with Crippen molar-refractivity contribution in [1.82, 2.24) is 9.55 Å². The Morgan fingerprint density at radius 1 is 1.07 bits per heavy atom. The van der Waals surface area contributed by atoms with Crippen molar-refractivity contribution in [3.63, 3.8) is 0 Å². The highest BCUT2D eigenvalue weighted by Gasteiger charge is 2.56. The van der Waals surface area contributed by atoms with E-state index in [9.17, 15) is 13.2 Å². The van der Waals surface area contributed by atoms with Gasteiger partial charge in [-0.25, -0.2) is 9.37 Å². The van der Waals surface area contributed by atoms with Crippen LogP contribution in [0.1, 0.15) is 82.9 Å². The van der Waals surface area contributed by atoms with E-state index in [2.05, 4.69) is 4.98 Å². The molecule has 1 aromatic heterocycles. The summed E-state index contributed by atoms with van der Waals surface area (Å²) in [6.07, 6.45) is 0.107. The molecular weight excluding hydrogens is 387 g/mol. The van der Waals surface area contributed by atoms with Gasteiger partial charge in [-0.05, 0) is 59.8 Å². The topological polar surface area (TPSA) is 36.3 Å². The molecule has 1 saturated heterocycles. The number of nitrogens with zero attached hydrogens (tertiary/aromatic N) is 2. The van der Waals surface area contributed by atoms with Crippen LogP contribution in [0.15, 0.2) is 5.73 Å². The lowest BCUT2D eigenvalue weighted by atomic mass is 9.83. The maximum atomic E-state index is 15.4. The molecule has 1 saturated carbocycles. The fraction of sp³-hybridized carbons (Fsp3) is 0.750. The predicted octanol–water partition coefficient (Wildman–Crippen LogP) is 5.36. The highest BCUT2D eigenvalue weighted by molar-refractivity contribution is 6.55. The molecule has 0 spiro atoms. The van der Waals surface area contributed by atoms with Crippen molar-refractivity contribution in [2.45, 2.75) is 96.1 Å². The Morgan fingerprint density at radius 2 is 1.69 bits per heavy atom. The number of allylic oxidation sites excluding steroid dienone is 1. The van der Waals surface area contributed by atoms with Crippen molar-refractivity contribution in [3.05, 3.63) is 22.9 Å². The largest absolute Gasteiger partial charge is 0.525 e. The van der Waals surface area contributed by atoms with Crippen molar-refractivity contribution >= 4 is 12.7 Å². The SMILES string of the molecule is CC1(C)OB(C(F)=C(c2nc(C3CCC3)n3c2CCCC3)C(F)(F)F)OC1(C)C. The molecule has 0 amide bonds. The molecule has 4 nitrogen and oxygen atoms in total. The van der Waals surface area contributed by atoms with Gasteiger partial charge in [0, 0.05) is 18.2 Å². The quantitative estimate of drug-likeness (QED) is 0.494. The molecule has 9 heteroatoms. The normalized spacial score (nSPS) is 24.9. The third kappa shape index (κ3) is 3.44. The van der Waals surface area contributed by atoms with E-state index >= 15 is 4.39 Å². The van der Waals surface area contributed by atoms with Gasteiger partial charge in [0.2, 0.25) is 0 Å². The molecular formula is C20H27BF4N2O2. The number of imidazole rings is 1. The van der Waals surface area contributed by atoms with Gasteiger partial charge in [-0.15, -0.1) is 0 Å². The molecule has 2 aliphatic heterocycles. The van der Waals surface area contributed by atoms with Crippen LogP contribution in [-0.2, 0) is 22.3 Å². The number of aromatic nitrogens is 2. The van der Waals surface area contributed by atoms with E-state index in [1.807, 2.05) is 4.57 Å². The highest BCUT2D eigenvalue weighted by atomic mass is 19.4. The molecule has 1 aliphatic carbocycles. The summed E-state index contributed by atoms with van der Waals surface area (Å²) in [5, 5.41) is 0. The third-order valence-corrected chi connectivity index (χ3v) is 6.84. The summed E-state index contributed by atoms with van der Waals surface area (Å²) in [6.45, 7) is 7.36. The minimum absolute atomic E-state index is 0.162. The van der Waals surface area contributed by atoms with Crippen molar-refractivity contribution in [3.8, 4) is 0 Å². The van der Waals surface area contributed by atoms with Crippen LogP contribution in [0.5, 0.6) is 0 Å². The lowest BCUT2D eigenvalue weighted by Gasteiger charge is -2.32. The zero-order valence-electron chi connectivity index (χ0n) is 17.3. The van der Waals surface area contributed by atoms with Gasteiger partial charge in [0.1, 0.15) is 17.1 Å². The van der Waals surface area contributed by atoms with Crippen molar-refractivity contribution in [1.29, 1.82) is 0 Å². The van der Waals surface area contributed by atoms with Crippen LogP contribution in [0, 0.1) is 0 Å². The first-order valence-corrected chi connectivity index (χ1v) is 10.3. The summed E-state index contributed by atoms with van der Waals surface area (Å²) in [6, 6.07) is 0. The Balaban J connectivity index is 1.83. The Kier molecular flexibility index (Phi) is 4.93. The number of halogens is 4. The molecule has 160 valence electrons. The Morgan fingerprint density at radius 3 is 2.21 bits per heavy atom. The molecule has 0 atom stereocenters. The van der Waals surface area contributed by atoms with E-state index < -0.39 is 35.8 Å². The zero-order valence-corrected chi connectivity index (χ0v) is 17.3. The minimum Gasteiger partial charge on any atom is -0.398 e. The van der Waals surface area contributed by atoms with E-state index in [0.717, 1.165) is 32.1 Å². The van der Waals surface area contributed by atoms with Crippen LogP contribution in [0.3, 0.4) is 0 Å². The number of hydrogen-bond donors (Lipinski definition) is 0. The van der Waals surface area contributed by atoms with Gasteiger partial charge < -0.3 is 13.9 Å². The van der Waals surface area contributed by atoms with E-state index in [-0.39, 0.29) is 11.6 Å². The lowest BCUT2D eigenvalue weighted by molar-refractivity contribution is -0.0702. The van der Waals surface area contributed by atoms with Gasteiger partial charge in [0.05, 0.1) is 16.9 Å². The Hall–Kier alpha value is -1.35. The molecule has 3 aliphatic rings. The van der Waals surface area contributed by atoms with Crippen LogP contribution in [-0.4, -0.2) is 34.0 Å². The average molecular weight is 414 g/mol. The molecule has 29 heavy (non-hydrogen) atoms. The van der Waals surface area contributed by atoms with Gasteiger partial charge in [-0.1, -0.05) is 6.42 Å². The smallest absolute Gasteiger partial charge is 0.398 e. The zero-order chi connectivity index (χ0) is 21.2. The minimum atomic E-state index is -4.91. The summed E-state index contributed by atoms with van der Waals surface area (Å²) in [5.74, 6) is 0.833. The summed E-state index contributed by atoms with van der Waals surface area (Å²) in [4.78, 5) is 4.38. The van der Waals surface area contributed by atoms with Gasteiger partial charge >= 0.3 is 13.3 Å². The molecule has 4 rings (SSSR count). The molecule has 0 N–H and O–H groups in total. The Bertz CT molecular complexity index is 824. The molecule has 0 aromatic carbocycles. The standard InChI is InChI=1S/C20H27BF4N2O2/c1-18(2)19(3,4)29-21(28-18)16(22)14(20(23,24)25)15-13-10-5-6-11-27(13)17(26-15)12-8-7-9-12/h12H,5-11H2,1-4H3. The second kappa shape index (κ2) is 6.84. The molecule has 3 heterocycles. The first-order chi connectivity index (χ1) is 13.4. The lowest BCUT2D eigenvalue weighted by Crippen LogP contribution is -2.41. The van der Waals surface area contributed by atoms with Gasteiger partial charge in [0.25, 0.3) is 0 Å². The number of hydrogen-bond acceptors (Lipinski definition) is 3. The predicted molar refractivity (Wildman–Crippen MR) is 102 cm³/mol. The first kappa shape index (κ1) is 20.9. The van der Waals surface area contributed by atoms with Crippen LogP contribution >= 0.6 is 0 Å². The van der Waals surface area contributed by atoms with Crippen molar-refractivity contribution in [2.24, 2.45) is 0 Å². The number of alkyl halides is 3. The second-order valence-corrected chi connectivity index (χ2v) is 9.31. The van der Waals surface area contributed by atoms with Crippen molar-refractivity contribution in [2.75, 3.05) is 0 Å². The summed E-state index contributed by atoms with van der Waals surface area (Å²) in [7, 11) is -1.70. The van der Waals surface area contributed by atoms with Gasteiger partial charge in [-0.2, -0.15) is 13.2 Å². The molecule has 1 aromatic rings. The molecule has 0 bridgehead atoms. The number of rotatable bonds is 3. The van der Waals surface area contributed by atoms with E-state index in [0.29, 0.717) is 24.5 Å². The Labute approximate surface area is 168 Å². The van der Waals surface area contributed by atoms with Gasteiger partial charge in [-0.3, -0.25) is 0 Å². The van der Waals surface area contributed by atoms with E-state index in [4.69, 9.17) is 9.31 Å².